The molecule has 0 unspecified atom stereocenters. The van der Waals surface area contributed by atoms with E-state index in [1.807, 2.05) is 6.92 Å². The Hall–Kier alpha value is -2.19. The molecule has 0 aliphatic rings. The van der Waals surface area contributed by atoms with Gasteiger partial charge in [0, 0.05) is 0 Å². The fourth-order valence-corrected chi connectivity index (χ4v) is 0.502. The monoisotopic (exact) mass is 268 g/mol. The van der Waals surface area contributed by atoms with E-state index >= 15 is 0 Å². The molecule has 106 valence electrons. The summed E-state index contributed by atoms with van der Waals surface area (Å²) in [6.07, 6.45) is -2.68. The van der Waals surface area contributed by atoms with Crippen molar-refractivity contribution >= 4 is 18.5 Å². The smallest absolute Gasteiger partial charge is 0.450 e. The van der Waals surface area contributed by atoms with Gasteiger partial charge in [-0.25, -0.2) is 14.4 Å². The van der Waals surface area contributed by atoms with E-state index in [-0.39, 0.29) is 13.2 Å². The molecule has 0 aliphatic heterocycles. The van der Waals surface area contributed by atoms with Gasteiger partial charge in [0.15, 0.2) is 0 Å². The molecule has 9 heteroatoms. The van der Waals surface area contributed by atoms with Crippen LogP contribution in [0.1, 0.15) is 13.3 Å². The van der Waals surface area contributed by atoms with Gasteiger partial charge in [0.1, 0.15) is 13.2 Å². The van der Waals surface area contributed by atoms with E-state index < -0.39 is 18.5 Å². The molecule has 0 spiro atoms. The van der Waals surface area contributed by atoms with Crippen molar-refractivity contribution in [1.29, 1.82) is 0 Å². The second kappa shape index (κ2) is 12.9. The fraction of sp³-hybridized carbons (Fsp3) is 0.667. The first-order valence-corrected chi connectivity index (χ1v) is 4.86. The lowest BCUT2D eigenvalue weighted by Gasteiger charge is -1.98. The lowest BCUT2D eigenvalue weighted by atomic mass is 10.5. The van der Waals surface area contributed by atoms with E-state index in [0.29, 0.717) is 6.61 Å². The summed E-state index contributed by atoms with van der Waals surface area (Å²) in [4.78, 5) is 29.4. The summed E-state index contributed by atoms with van der Waals surface area (Å²) in [5.41, 5.74) is 0. The van der Waals surface area contributed by atoms with Crippen LogP contribution in [-0.4, -0.2) is 55.6 Å². The summed E-state index contributed by atoms with van der Waals surface area (Å²) in [7, 11) is 1.29. The maximum absolute atomic E-state index is 10.1. The summed E-state index contributed by atoms with van der Waals surface area (Å²) in [5.74, 6) is 0. The van der Waals surface area contributed by atoms with Gasteiger partial charge in [-0.1, -0.05) is 6.92 Å². The van der Waals surface area contributed by atoms with Gasteiger partial charge in [-0.05, 0) is 6.42 Å². The van der Waals surface area contributed by atoms with Gasteiger partial charge in [0.05, 0.1) is 13.7 Å². The molecule has 0 rings (SSSR count). The van der Waals surface area contributed by atoms with Crippen LogP contribution in [0.2, 0.25) is 0 Å². The molecular formula is C9H16O9. The number of ether oxygens (including phenoxy) is 4. The van der Waals surface area contributed by atoms with Crippen LogP contribution in [0.25, 0.3) is 0 Å². The Labute approximate surface area is 103 Å². The molecule has 0 aromatic carbocycles. The summed E-state index contributed by atoms with van der Waals surface area (Å²) >= 11 is 0. The highest BCUT2D eigenvalue weighted by Gasteiger charge is 1.98. The van der Waals surface area contributed by atoms with E-state index in [9.17, 15) is 14.4 Å². The van der Waals surface area contributed by atoms with Crippen LogP contribution in [0.3, 0.4) is 0 Å². The predicted octanol–water partition coefficient (Wildman–Crippen LogP) is 1.56. The average molecular weight is 268 g/mol. The molecule has 0 bridgehead atoms. The third-order valence-corrected chi connectivity index (χ3v) is 1.13. The van der Waals surface area contributed by atoms with Gasteiger partial charge < -0.3 is 29.2 Å². The zero-order valence-electron chi connectivity index (χ0n) is 10.1. The maximum Gasteiger partial charge on any atom is 0.507 e. The third-order valence-electron chi connectivity index (χ3n) is 1.13. The number of carboxylic acid groups (broad SMARTS) is 2. The minimum absolute atomic E-state index is 0.276. The second-order valence-corrected chi connectivity index (χ2v) is 2.53. The lowest BCUT2D eigenvalue weighted by Crippen LogP contribution is -2.10. The SMILES string of the molecule is CCCOC(=O)OC.O=C(O)OCCOC(=O)O. The zero-order valence-corrected chi connectivity index (χ0v) is 10.1. The van der Waals surface area contributed by atoms with Gasteiger partial charge in [-0.3, -0.25) is 0 Å². The first-order valence-electron chi connectivity index (χ1n) is 4.86. The highest BCUT2D eigenvalue weighted by Crippen LogP contribution is 1.83. The number of carbonyl (C=O) groups excluding carboxylic acids is 1. The first-order chi connectivity index (χ1) is 8.43. The number of hydrogen-bond donors (Lipinski definition) is 2. The van der Waals surface area contributed by atoms with Crippen molar-refractivity contribution in [2.24, 2.45) is 0 Å². The number of methoxy groups -OCH3 is 1. The van der Waals surface area contributed by atoms with Gasteiger partial charge in [-0.2, -0.15) is 0 Å². The van der Waals surface area contributed by atoms with E-state index in [2.05, 4.69) is 18.9 Å². The van der Waals surface area contributed by atoms with Gasteiger partial charge in [-0.15, -0.1) is 0 Å². The largest absolute Gasteiger partial charge is 0.507 e. The fourth-order valence-electron chi connectivity index (χ4n) is 0.502. The highest BCUT2D eigenvalue weighted by atomic mass is 16.7. The summed E-state index contributed by atoms with van der Waals surface area (Å²) in [6.45, 7) is 1.80. The Bertz CT molecular complexity index is 234. The van der Waals surface area contributed by atoms with Crippen molar-refractivity contribution < 1.29 is 43.5 Å². The molecule has 18 heavy (non-hydrogen) atoms. The van der Waals surface area contributed by atoms with Crippen LogP contribution >= 0.6 is 0 Å². The Morgan fingerprint density at radius 2 is 1.33 bits per heavy atom. The molecule has 0 aliphatic carbocycles. The minimum Gasteiger partial charge on any atom is -0.450 e. The van der Waals surface area contributed by atoms with Crippen molar-refractivity contribution in [1.82, 2.24) is 0 Å². The standard InChI is InChI=1S/C5H10O3.C4H6O6/c1-3-4-8-5(6)7-2;5-3(6)9-1-2-10-4(7)8/h3-4H2,1-2H3;1-2H2,(H,5,6)(H,7,8). The van der Waals surface area contributed by atoms with Crippen molar-refractivity contribution in [2.75, 3.05) is 26.9 Å². The number of hydrogen-bond acceptors (Lipinski definition) is 7. The number of rotatable bonds is 5. The molecule has 0 heterocycles. The molecule has 9 nitrogen and oxygen atoms in total. The Kier molecular flexibility index (Phi) is 13.0. The van der Waals surface area contributed by atoms with Crippen LogP contribution in [0, 0.1) is 0 Å². The van der Waals surface area contributed by atoms with E-state index in [4.69, 9.17) is 10.2 Å². The number of carbonyl (C=O) groups is 3. The van der Waals surface area contributed by atoms with Gasteiger partial charge in [0.2, 0.25) is 0 Å². The molecule has 0 aromatic rings. The third kappa shape index (κ3) is 19.4. The summed E-state index contributed by atoms with van der Waals surface area (Å²) < 4.78 is 16.5. The van der Waals surface area contributed by atoms with Crippen molar-refractivity contribution in [2.45, 2.75) is 13.3 Å². The first kappa shape index (κ1) is 18.2. The molecule has 2 N–H and O–H groups in total. The maximum atomic E-state index is 10.1. The van der Waals surface area contributed by atoms with Crippen molar-refractivity contribution in [3.8, 4) is 0 Å². The summed E-state index contributed by atoms with van der Waals surface area (Å²) in [6, 6.07) is 0. The van der Waals surface area contributed by atoms with Crippen LogP contribution in [0.5, 0.6) is 0 Å². The Morgan fingerprint density at radius 1 is 0.889 bits per heavy atom. The molecule has 0 saturated heterocycles. The van der Waals surface area contributed by atoms with Gasteiger partial charge in [0.25, 0.3) is 0 Å². The van der Waals surface area contributed by atoms with E-state index in [0.717, 1.165) is 6.42 Å². The molecular weight excluding hydrogens is 252 g/mol. The zero-order chi connectivity index (χ0) is 14.4. The lowest BCUT2D eigenvalue weighted by molar-refractivity contribution is 0.0472. The quantitative estimate of drug-likeness (QED) is 0.433. The Morgan fingerprint density at radius 3 is 1.61 bits per heavy atom. The van der Waals surface area contributed by atoms with Crippen LogP contribution in [-0.2, 0) is 18.9 Å². The topological polar surface area (TPSA) is 129 Å². The molecule has 0 atom stereocenters. The molecule has 0 fully saturated rings. The van der Waals surface area contributed by atoms with Crippen LogP contribution < -0.4 is 0 Å². The Balaban J connectivity index is 0. The summed E-state index contributed by atoms with van der Waals surface area (Å²) in [5, 5.41) is 15.7. The molecule has 0 aromatic heterocycles. The van der Waals surface area contributed by atoms with Crippen LogP contribution in [0.15, 0.2) is 0 Å². The van der Waals surface area contributed by atoms with E-state index in [1.165, 1.54) is 7.11 Å². The minimum atomic E-state index is -1.45. The average Bonchev–Trinajstić information content (AvgIpc) is 2.32. The second-order valence-electron chi connectivity index (χ2n) is 2.53. The predicted molar refractivity (Wildman–Crippen MR) is 56.6 cm³/mol. The molecule has 0 amide bonds. The van der Waals surface area contributed by atoms with Crippen LogP contribution in [0.4, 0.5) is 14.4 Å². The van der Waals surface area contributed by atoms with Crippen molar-refractivity contribution in [3.63, 3.8) is 0 Å². The highest BCUT2D eigenvalue weighted by molar-refractivity contribution is 5.59. The van der Waals surface area contributed by atoms with E-state index in [1.54, 1.807) is 0 Å². The molecule has 0 saturated carbocycles. The molecule has 0 radical (unpaired) electrons. The van der Waals surface area contributed by atoms with Gasteiger partial charge >= 0.3 is 18.5 Å². The normalized spacial score (nSPS) is 8.33. The van der Waals surface area contributed by atoms with Crippen molar-refractivity contribution in [3.05, 3.63) is 0 Å².